The third kappa shape index (κ3) is 3.35. The van der Waals surface area contributed by atoms with Crippen LogP contribution in [0.1, 0.15) is 17.9 Å². The number of anilines is 1. The Morgan fingerprint density at radius 1 is 1.19 bits per heavy atom. The van der Waals surface area contributed by atoms with Crippen molar-refractivity contribution in [2.24, 2.45) is 0 Å². The Balaban J connectivity index is 1.43. The molecule has 4 nitrogen and oxygen atoms in total. The quantitative estimate of drug-likeness (QED) is 0.621. The lowest BCUT2D eigenvalue weighted by atomic mass is 10.2. The zero-order chi connectivity index (χ0) is 18.1. The molecule has 0 saturated heterocycles. The molecule has 1 aliphatic rings. The summed E-state index contributed by atoms with van der Waals surface area (Å²) in [6.45, 7) is 0.732. The molecule has 0 radical (unpaired) electrons. The van der Waals surface area contributed by atoms with Crippen LogP contribution in [0.4, 0.5) is 5.69 Å². The van der Waals surface area contributed by atoms with E-state index in [2.05, 4.69) is 11.1 Å². The molecule has 132 valence electrons. The highest BCUT2D eigenvalue weighted by molar-refractivity contribution is 6.36. The first-order chi connectivity index (χ1) is 12.6. The van der Waals surface area contributed by atoms with Gasteiger partial charge in [0.2, 0.25) is 5.91 Å². The molecule has 0 unspecified atom stereocenters. The second-order valence-corrected chi connectivity index (χ2v) is 7.01. The summed E-state index contributed by atoms with van der Waals surface area (Å²) in [7, 11) is 0. The SMILES string of the molecule is O=C(CCc1ncc(-c2ccc(Cl)cc2Cl)o1)N1CCc2ccccc21. The van der Waals surface area contributed by atoms with Crippen molar-refractivity contribution in [2.45, 2.75) is 19.3 Å². The van der Waals surface area contributed by atoms with Crippen LogP contribution in [0.15, 0.2) is 53.1 Å². The van der Waals surface area contributed by atoms with Crippen LogP contribution in [0.2, 0.25) is 10.0 Å². The number of amides is 1. The summed E-state index contributed by atoms with van der Waals surface area (Å²) < 4.78 is 5.76. The van der Waals surface area contributed by atoms with Crippen LogP contribution in [0.5, 0.6) is 0 Å². The summed E-state index contributed by atoms with van der Waals surface area (Å²) >= 11 is 12.1. The fourth-order valence-corrected chi connectivity index (χ4v) is 3.69. The van der Waals surface area contributed by atoms with E-state index < -0.39 is 0 Å². The van der Waals surface area contributed by atoms with Crippen molar-refractivity contribution in [3.05, 3.63) is 70.2 Å². The minimum absolute atomic E-state index is 0.0826. The molecule has 1 aromatic heterocycles. The second-order valence-electron chi connectivity index (χ2n) is 6.17. The van der Waals surface area contributed by atoms with Crippen LogP contribution in [0, 0.1) is 0 Å². The molecule has 0 atom stereocenters. The fraction of sp³-hybridized carbons (Fsp3) is 0.200. The smallest absolute Gasteiger partial charge is 0.227 e. The summed E-state index contributed by atoms with van der Waals surface area (Å²) in [4.78, 5) is 18.7. The van der Waals surface area contributed by atoms with Crippen LogP contribution >= 0.6 is 23.2 Å². The summed E-state index contributed by atoms with van der Waals surface area (Å²) in [5.74, 6) is 1.17. The Morgan fingerprint density at radius 2 is 2.04 bits per heavy atom. The van der Waals surface area contributed by atoms with Gasteiger partial charge in [-0.3, -0.25) is 4.79 Å². The lowest BCUT2D eigenvalue weighted by molar-refractivity contribution is -0.118. The summed E-state index contributed by atoms with van der Waals surface area (Å²) in [5.41, 5.74) is 2.96. The van der Waals surface area contributed by atoms with Crippen molar-refractivity contribution in [2.75, 3.05) is 11.4 Å². The number of aromatic nitrogens is 1. The molecule has 0 fully saturated rings. The number of benzene rings is 2. The van der Waals surface area contributed by atoms with Crippen LogP contribution in [-0.4, -0.2) is 17.4 Å². The fourth-order valence-electron chi connectivity index (χ4n) is 3.19. The molecule has 0 aliphatic carbocycles. The summed E-state index contributed by atoms with van der Waals surface area (Å²) in [6.07, 6.45) is 3.32. The molecule has 0 N–H and O–H groups in total. The minimum Gasteiger partial charge on any atom is -0.441 e. The number of aryl methyl sites for hydroxylation is 1. The van der Waals surface area contributed by atoms with E-state index in [0.29, 0.717) is 34.5 Å². The van der Waals surface area contributed by atoms with E-state index in [9.17, 15) is 4.79 Å². The predicted octanol–water partition coefficient (Wildman–Crippen LogP) is 5.17. The third-order valence-corrected chi connectivity index (χ3v) is 5.04. The molecule has 0 saturated carbocycles. The molecule has 26 heavy (non-hydrogen) atoms. The average molecular weight is 387 g/mol. The number of carbonyl (C=O) groups excluding carboxylic acids is 1. The maximum atomic E-state index is 12.6. The molecular formula is C20H16Cl2N2O2. The van der Waals surface area contributed by atoms with E-state index in [1.54, 1.807) is 24.4 Å². The average Bonchev–Trinajstić information content (AvgIpc) is 3.27. The monoisotopic (exact) mass is 386 g/mol. The van der Waals surface area contributed by atoms with Crippen molar-refractivity contribution < 1.29 is 9.21 Å². The van der Waals surface area contributed by atoms with Crippen LogP contribution in [0.25, 0.3) is 11.3 Å². The van der Waals surface area contributed by atoms with Crippen LogP contribution in [-0.2, 0) is 17.6 Å². The van der Waals surface area contributed by atoms with Crippen molar-refractivity contribution >= 4 is 34.8 Å². The van der Waals surface area contributed by atoms with Gasteiger partial charge in [0.25, 0.3) is 0 Å². The molecule has 2 heterocycles. The Kier molecular flexibility index (Phi) is 4.70. The highest BCUT2D eigenvalue weighted by atomic mass is 35.5. The van der Waals surface area contributed by atoms with Gasteiger partial charge in [-0.1, -0.05) is 41.4 Å². The Hall–Kier alpha value is -2.30. The molecular weight excluding hydrogens is 371 g/mol. The van der Waals surface area contributed by atoms with Crippen molar-refractivity contribution in [3.63, 3.8) is 0 Å². The van der Waals surface area contributed by atoms with E-state index in [4.69, 9.17) is 27.6 Å². The molecule has 4 rings (SSSR count). The molecule has 6 heteroatoms. The maximum absolute atomic E-state index is 12.6. The molecule has 1 amide bonds. The molecule has 2 aromatic carbocycles. The van der Waals surface area contributed by atoms with Gasteiger partial charge in [-0.15, -0.1) is 0 Å². The molecule has 0 spiro atoms. The highest BCUT2D eigenvalue weighted by Gasteiger charge is 2.24. The zero-order valence-corrected chi connectivity index (χ0v) is 15.4. The van der Waals surface area contributed by atoms with E-state index >= 15 is 0 Å². The second kappa shape index (κ2) is 7.14. The van der Waals surface area contributed by atoms with E-state index in [0.717, 1.165) is 24.2 Å². The number of halogens is 2. The van der Waals surface area contributed by atoms with Crippen molar-refractivity contribution in [1.82, 2.24) is 4.98 Å². The number of hydrogen-bond donors (Lipinski definition) is 0. The van der Waals surface area contributed by atoms with Crippen LogP contribution < -0.4 is 4.90 Å². The number of oxazole rings is 1. The van der Waals surface area contributed by atoms with Gasteiger partial charge in [-0.2, -0.15) is 0 Å². The zero-order valence-electron chi connectivity index (χ0n) is 13.9. The van der Waals surface area contributed by atoms with Gasteiger partial charge in [-0.05, 0) is 36.2 Å². The number of nitrogens with zero attached hydrogens (tertiary/aromatic N) is 2. The highest BCUT2D eigenvalue weighted by Crippen LogP contribution is 2.31. The van der Waals surface area contributed by atoms with E-state index in [1.165, 1.54) is 5.56 Å². The first-order valence-corrected chi connectivity index (χ1v) is 9.16. The number of carbonyl (C=O) groups is 1. The lowest BCUT2D eigenvalue weighted by Crippen LogP contribution is -2.29. The van der Waals surface area contributed by atoms with Gasteiger partial charge >= 0.3 is 0 Å². The van der Waals surface area contributed by atoms with Gasteiger partial charge in [0.1, 0.15) is 0 Å². The largest absolute Gasteiger partial charge is 0.441 e. The number of rotatable bonds is 4. The van der Waals surface area contributed by atoms with Crippen LogP contribution in [0.3, 0.4) is 0 Å². The Labute approximate surface area is 161 Å². The normalized spacial score (nSPS) is 13.1. The lowest BCUT2D eigenvalue weighted by Gasteiger charge is -2.16. The van der Waals surface area contributed by atoms with Crippen molar-refractivity contribution in [3.8, 4) is 11.3 Å². The molecule has 1 aliphatic heterocycles. The molecule has 3 aromatic rings. The Morgan fingerprint density at radius 3 is 2.88 bits per heavy atom. The number of para-hydroxylation sites is 1. The van der Waals surface area contributed by atoms with Gasteiger partial charge in [-0.25, -0.2) is 4.98 Å². The number of fused-ring (bicyclic) bond motifs is 1. The Bertz CT molecular complexity index is 968. The van der Waals surface area contributed by atoms with Crippen molar-refractivity contribution in [1.29, 1.82) is 0 Å². The standard InChI is InChI=1S/C20H16Cl2N2O2/c21-14-5-6-15(16(22)11-14)18-12-23-19(26-18)7-8-20(25)24-10-9-13-3-1-2-4-17(13)24/h1-6,11-12H,7-10H2. The van der Waals surface area contributed by atoms with Gasteiger partial charge in [0.05, 0.1) is 11.2 Å². The summed E-state index contributed by atoms with van der Waals surface area (Å²) in [6, 6.07) is 13.2. The topological polar surface area (TPSA) is 46.3 Å². The maximum Gasteiger partial charge on any atom is 0.227 e. The van der Waals surface area contributed by atoms with Gasteiger partial charge < -0.3 is 9.32 Å². The van der Waals surface area contributed by atoms with Gasteiger partial charge in [0, 0.05) is 35.7 Å². The van der Waals surface area contributed by atoms with Gasteiger partial charge in [0.15, 0.2) is 11.7 Å². The summed E-state index contributed by atoms with van der Waals surface area (Å²) in [5, 5.41) is 1.07. The predicted molar refractivity (Wildman–Crippen MR) is 103 cm³/mol. The first-order valence-electron chi connectivity index (χ1n) is 8.40. The minimum atomic E-state index is 0.0826. The molecule has 0 bridgehead atoms. The number of hydrogen-bond acceptors (Lipinski definition) is 3. The third-order valence-electron chi connectivity index (χ3n) is 4.49. The first kappa shape index (κ1) is 17.1. The van der Waals surface area contributed by atoms with E-state index in [-0.39, 0.29) is 5.91 Å². The van der Waals surface area contributed by atoms with E-state index in [1.807, 2.05) is 23.1 Å².